The predicted molar refractivity (Wildman–Crippen MR) is 210 cm³/mol. The highest BCUT2D eigenvalue weighted by atomic mass is 16.3. The molecule has 0 N–H and O–H groups in total. The smallest absolute Gasteiger partial charge is 0.136 e. The average molecular weight is 640 g/mol. The van der Waals surface area contributed by atoms with Gasteiger partial charge in [-0.05, 0) is 81.1 Å². The molecule has 8 aromatic carbocycles. The minimum Gasteiger partial charge on any atom is -0.456 e. The minimum absolute atomic E-state index is 0.871. The molecule has 0 aliphatic rings. The first kappa shape index (κ1) is 29.5. The molecule has 0 amide bonds. The van der Waals surface area contributed by atoms with Gasteiger partial charge in [-0.2, -0.15) is 0 Å². The number of para-hydroxylation sites is 2. The Kier molecular flexibility index (Phi) is 7.53. The van der Waals surface area contributed by atoms with Gasteiger partial charge >= 0.3 is 0 Å². The molecule has 0 saturated heterocycles. The van der Waals surface area contributed by atoms with Crippen LogP contribution in [-0.4, -0.2) is 0 Å². The van der Waals surface area contributed by atoms with Crippen molar-refractivity contribution in [3.05, 3.63) is 200 Å². The number of rotatable bonds is 7. The summed E-state index contributed by atoms with van der Waals surface area (Å²) in [5.41, 5.74) is 12.3. The molecule has 236 valence electrons. The van der Waals surface area contributed by atoms with E-state index < -0.39 is 0 Å². The van der Waals surface area contributed by atoms with Crippen LogP contribution in [0, 0.1) is 0 Å². The third-order valence-electron chi connectivity index (χ3n) is 9.51. The number of nitrogens with zero attached hydrogens (tertiary/aromatic N) is 1. The van der Waals surface area contributed by atoms with Gasteiger partial charge in [0.1, 0.15) is 11.3 Å². The monoisotopic (exact) mass is 639 g/mol. The molecule has 0 bridgehead atoms. The molecule has 2 heteroatoms. The molecular formula is C48H33NO. The number of hydrogen-bond donors (Lipinski definition) is 0. The maximum Gasteiger partial charge on any atom is 0.136 e. The fourth-order valence-electron chi connectivity index (χ4n) is 7.08. The van der Waals surface area contributed by atoms with Gasteiger partial charge < -0.3 is 9.32 Å². The number of benzene rings is 8. The zero-order valence-electron chi connectivity index (χ0n) is 27.4. The Morgan fingerprint density at radius 2 is 0.860 bits per heavy atom. The highest BCUT2D eigenvalue weighted by molar-refractivity contribution is 5.97. The van der Waals surface area contributed by atoms with Crippen molar-refractivity contribution in [3.63, 3.8) is 0 Å². The van der Waals surface area contributed by atoms with Crippen LogP contribution in [0.2, 0.25) is 0 Å². The van der Waals surface area contributed by atoms with Crippen LogP contribution in [0.3, 0.4) is 0 Å². The van der Waals surface area contributed by atoms with Crippen molar-refractivity contribution < 1.29 is 4.42 Å². The molecule has 0 fully saturated rings. The van der Waals surface area contributed by atoms with E-state index in [9.17, 15) is 0 Å². The molecular weight excluding hydrogens is 607 g/mol. The molecule has 0 spiro atoms. The van der Waals surface area contributed by atoms with E-state index in [2.05, 4.69) is 187 Å². The molecule has 9 rings (SSSR count). The molecule has 0 unspecified atom stereocenters. The Hall–Kier alpha value is -6.64. The van der Waals surface area contributed by atoms with E-state index >= 15 is 0 Å². The van der Waals surface area contributed by atoms with Crippen molar-refractivity contribution in [1.82, 2.24) is 0 Å². The number of anilines is 3. The Morgan fingerprint density at radius 3 is 1.60 bits per heavy atom. The summed E-state index contributed by atoms with van der Waals surface area (Å²) in [7, 11) is 0. The Morgan fingerprint density at radius 1 is 0.340 bits per heavy atom. The van der Waals surface area contributed by atoms with E-state index in [1.807, 2.05) is 18.2 Å². The summed E-state index contributed by atoms with van der Waals surface area (Å²) in [5, 5.41) is 3.61. The summed E-state index contributed by atoms with van der Waals surface area (Å²) in [5.74, 6) is 0.871. The van der Waals surface area contributed by atoms with Gasteiger partial charge in [0.2, 0.25) is 0 Å². The Bertz CT molecular complexity index is 2540. The van der Waals surface area contributed by atoms with Gasteiger partial charge in [0.15, 0.2) is 0 Å². The standard InChI is InChI=1S/C48H33NO/c1-2-13-35(14-3-1)44-20-9-10-23-46(44)49(39-29-25-36(26-30-39)42-22-12-17-34-15-4-6-18-41(34)42)40-31-27-37(28-32-40)43-19-7-8-21-45(43)48-33-38-16-5-11-24-47(38)50-48/h1-33H. The van der Waals surface area contributed by atoms with E-state index in [1.54, 1.807) is 0 Å². The van der Waals surface area contributed by atoms with Gasteiger partial charge in [0.05, 0.1) is 5.69 Å². The van der Waals surface area contributed by atoms with Crippen LogP contribution in [0.1, 0.15) is 0 Å². The van der Waals surface area contributed by atoms with Gasteiger partial charge in [0.25, 0.3) is 0 Å². The van der Waals surface area contributed by atoms with E-state index in [-0.39, 0.29) is 0 Å². The lowest BCUT2D eigenvalue weighted by Gasteiger charge is -2.28. The van der Waals surface area contributed by atoms with Crippen LogP contribution in [0.4, 0.5) is 17.1 Å². The first-order valence-electron chi connectivity index (χ1n) is 17.0. The second-order valence-corrected chi connectivity index (χ2v) is 12.5. The van der Waals surface area contributed by atoms with E-state index in [0.29, 0.717) is 0 Å². The molecule has 1 heterocycles. The van der Waals surface area contributed by atoms with Crippen molar-refractivity contribution >= 4 is 38.8 Å². The van der Waals surface area contributed by atoms with Gasteiger partial charge in [0, 0.05) is 27.9 Å². The highest BCUT2D eigenvalue weighted by Gasteiger charge is 2.18. The van der Waals surface area contributed by atoms with Gasteiger partial charge in [-0.25, -0.2) is 0 Å². The first-order chi connectivity index (χ1) is 24.8. The van der Waals surface area contributed by atoms with E-state index in [1.165, 1.54) is 33.0 Å². The van der Waals surface area contributed by atoms with Crippen LogP contribution < -0.4 is 4.90 Å². The maximum absolute atomic E-state index is 6.31. The summed E-state index contributed by atoms with van der Waals surface area (Å²) < 4.78 is 6.31. The Labute approximate surface area is 292 Å². The molecule has 0 aliphatic heterocycles. The Balaban J connectivity index is 1.15. The minimum atomic E-state index is 0.871. The second kappa shape index (κ2) is 12.8. The molecule has 0 saturated carbocycles. The zero-order valence-corrected chi connectivity index (χ0v) is 27.4. The highest BCUT2D eigenvalue weighted by Crippen LogP contribution is 2.43. The third-order valence-corrected chi connectivity index (χ3v) is 9.51. The van der Waals surface area contributed by atoms with Crippen molar-refractivity contribution in [3.8, 4) is 44.7 Å². The normalized spacial score (nSPS) is 11.2. The summed E-state index contributed by atoms with van der Waals surface area (Å²) in [6.45, 7) is 0. The summed E-state index contributed by atoms with van der Waals surface area (Å²) >= 11 is 0. The first-order valence-corrected chi connectivity index (χ1v) is 17.0. The summed E-state index contributed by atoms with van der Waals surface area (Å²) in [4.78, 5) is 2.37. The van der Waals surface area contributed by atoms with E-state index in [0.717, 1.165) is 50.5 Å². The van der Waals surface area contributed by atoms with Crippen molar-refractivity contribution in [2.45, 2.75) is 0 Å². The van der Waals surface area contributed by atoms with Crippen LogP contribution in [0.25, 0.3) is 66.4 Å². The molecule has 9 aromatic rings. The largest absolute Gasteiger partial charge is 0.456 e. The molecule has 0 aliphatic carbocycles. The fraction of sp³-hybridized carbons (Fsp3) is 0. The van der Waals surface area contributed by atoms with Gasteiger partial charge in [-0.3, -0.25) is 0 Å². The number of furan rings is 1. The lowest BCUT2D eigenvalue weighted by Crippen LogP contribution is -2.11. The van der Waals surface area contributed by atoms with Crippen LogP contribution in [-0.2, 0) is 0 Å². The maximum atomic E-state index is 6.31. The van der Waals surface area contributed by atoms with Gasteiger partial charge in [-0.15, -0.1) is 0 Å². The zero-order chi connectivity index (χ0) is 33.3. The molecule has 0 atom stereocenters. The average Bonchev–Trinajstić information content (AvgIpc) is 3.64. The molecule has 2 nitrogen and oxygen atoms in total. The predicted octanol–water partition coefficient (Wildman–Crippen LogP) is 13.7. The van der Waals surface area contributed by atoms with Gasteiger partial charge in [-0.1, -0.05) is 158 Å². The van der Waals surface area contributed by atoms with Crippen molar-refractivity contribution in [1.29, 1.82) is 0 Å². The molecule has 50 heavy (non-hydrogen) atoms. The molecule has 1 aromatic heterocycles. The third kappa shape index (κ3) is 5.43. The second-order valence-electron chi connectivity index (χ2n) is 12.5. The van der Waals surface area contributed by atoms with Crippen LogP contribution in [0.15, 0.2) is 205 Å². The topological polar surface area (TPSA) is 16.4 Å². The molecule has 0 radical (unpaired) electrons. The van der Waals surface area contributed by atoms with Crippen molar-refractivity contribution in [2.24, 2.45) is 0 Å². The van der Waals surface area contributed by atoms with Crippen LogP contribution >= 0.6 is 0 Å². The summed E-state index contributed by atoms with van der Waals surface area (Å²) in [6.07, 6.45) is 0. The summed E-state index contributed by atoms with van der Waals surface area (Å²) in [6, 6.07) is 71.1. The fourth-order valence-corrected chi connectivity index (χ4v) is 7.08. The SMILES string of the molecule is c1ccc(-c2ccccc2N(c2ccc(-c3ccccc3-c3cc4ccccc4o3)cc2)c2ccc(-c3cccc4ccccc34)cc2)cc1. The quantitative estimate of drug-likeness (QED) is 0.173. The number of hydrogen-bond acceptors (Lipinski definition) is 2. The van der Waals surface area contributed by atoms with Crippen molar-refractivity contribution in [2.75, 3.05) is 4.90 Å². The van der Waals surface area contributed by atoms with Crippen LogP contribution in [0.5, 0.6) is 0 Å². The van der Waals surface area contributed by atoms with E-state index in [4.69, 9.17) is 4.42 Å². The lowest BCUT2D eigenvalue weighted by molar-refractivity contribution is 0.632. The number of fused-ring (bicyclic) bond motifs is 2. The lowest BCUT2D eigenvalue weighted by atomic mass is 9.96.